The Balaban J connectivity index is 2.39. The molecule has 1 atom stereocenters. The first-order valence-electron chi connectivity index (χ1n) is 5.21. The second kappa shape index (κ2) is 4.87. The number of carbonyl (C=O) groups is 1. The van der Waals surface area contributed by atoms with E-state index in [-0.39, 0.29) is 10.9 Å². The van der Waals surface area contributed by atoms with Crippen molar-refractivity contribution in [2.24, 2.45) is 0 Å². The molecule has 0 aliphatic carbocycles. The van der Waals surface area contributed by atoms with E-state index >= 15 is 0 Å². The Kier molecular flexibility index (Phi) is 3.77. The summed E-state index contributed by atoms with van der Waals surface area (Å²) in [4.78, 5) is 15.0. The van der Waals surface area contributed by atoms with Crippen molar-refractivity contribution in [1.82, 2.24) is 9.29 Å². The predicted octanol–water partition coefficient (Wildman–Crippen LogP) is 1.45. The average molecular weight is 355 g/mol. The molecule has 0 unspecified atom stereocenters. The SMILES string of the molecule is Cc1nc(S(=O)(=O)N2CCC[C@@H]2C(=O)O)sc1Br. The maximum absolute atomic E-state index is 12.3. The van der Waals surface area contributed by atoms with Gasteiger partial charge >= 0.3 is 5.97 Å². The van der Waals surface area contributed by atoms with Crippen molar-refractivity contribution in [3.05, 3.63) is 9.48 Å². The lowest BCUT2D eigenvalue weighted by Gasteiger charge is -2.19. The second-order valence-corrected chi connectivity index (χ2v) is 8.33. The Bertz CT molecular complexity index is 564. The lowest BCUT2D eigenvalue weighted by Crippen LogP contribution is -2.40. The highest BCUT2D eigenvalue weighted by atomic mass is 79.9. The van der Waals surface area contributed by atoms with Crippen molar-refractivity contribution in [1.29, 1.82) is 0 Å². The molecule has 1 N–H and O–H groups in total. The van der Waals surface area contributed by atoms with Gasteiger partial charge in [0.2, 0.25) is 4.34 Å². The standard InChI is InChI=1S/C9H11BrN2O4S2/c1-5-7(10)17-9(11-5)18(15,16)12-4-2-3-6(12)8(13)14/h6H,2-4H2,1H3,(H,13,14)/t6-/m1/s1. The molecule has 6 nitrogen and oxygen atoms in total. The quantitative estimate of drug-likeness (QED) is 0.887. The third kappa shape index (κ3) is 2.31. The first-order chi connectivity index (χ1) is 8.34. The number of aryl methyl sites for hydroxylation is 1. The van der Waals surface area contributed by atoms with E-state index in [1.165, 1.54) is 0 Å². The van der Waals surface area contributed by atoms with Crippen LogP contribution >= 0.6 is 27.3 Å². The minimum Gasteiger partial charge on any atom is -0.480 e. The number of hydrogen-bond donors (Lipinski definition) is 1. The van der Waals surface area contributed by atoms with E-state index in [0.717, 1.165) is 15.6 Å². The average Bonchev–Trinajstić information content (AvgIpc) is 2.87. The predicted molar refractivity (Wildman–Crippen MR) is 69.1 cm³/mol. The molecule has 1 aromatic heterocycles. The molecule has 0 aromatic carbocycles. The Morgan fingerprint density at radius 3 is 2.78 bits per heavy atom. The second-order valence-electron chi connectivity index (χ2n) is 3.95. The highest BCUT2D eigenvalue weighted by Crippen LogP contribution is 2.32. The molecule has 100 valence electrons. The molecule has 0 bridgehead atoms. The lowest BCUT2D eigenvalue weighted by molar-refractivity contribution is -0.140. The Hall–Kier alpha value is -0.510. The fraction of sp³-hybridized carbons (Fsp3) is 0.556. The summed E-state index contributed by atoms with van der Waals surface area (Å²) in [5.41, 5.74) is 0.588. The van der Waals surface area contributed by atoms with Crippen molar-refractivity contribution < 1.29 is 18.3 Å². The molecule has 18 heavy (non-hydrogen) atoms. The summed E-state index contributed by atoms with van der Waals surface area (Å²) in [6.45, 7) is 1.92. The third-order valence-corrected chi connectivity index (χ3v) is 7.01. The molecule has 1 fully saturated rings. The number of sulfonamides is 1. The Morgan fingerprint density at radius 2 is 2.28 bits per heavy atom. The molecular formula is C9H11BrN2O4S2. The van der Waals surface area contributed by atoms with Crippen LogP contribution in [0.25, 0.3) is 0 Å². The van der Waals surface area contributed by atoms with Gasteiger partial charge < -0.3 is 5.11 Å². The van der Waals surface area contributed by atoms with Gasteiger partial charge in [-0.3, -0.25) is 4.79 Å². The minimum absolute atomic E-state index is 0.0555. The Labute approximate surface area is 117 Å². The van der Waals surface area contributed by atoms with E-state index in [0.29, 0.717) is 22.3 Å². The van der Waals surface area contributed by atoms with Gasteiger partial charge in [-0.25, -0.2) is 13.4 Å². The molecule has 0 radical (unpaired) electrons. The summed E-state index contributed by atoms with van der Waals surface area (Å²) >= 11 is 4.22. The molecule has 0 spiro atoms. The molecule has 0 amide bonds. The van der Waals surface area contributed by atoms with Crippen molar-refractivity contribution in [2.45, 2.75) is 30.1 Å². The van der Waals surface area contributed by atoms with E-state index in [4.69, 9.17) is 5.11 Å². The van der Waals surface area contributed by atoms with Crippen molar-refractivity contribution in [3.8, 4) is 0 Å². The van der Waals surface area contributed by atoms with Crippen LogP contribution in [-0.4, -0.2) is 41.4 Å². The van der Waals surface area contributed by atoms with Gasteiger partial charge in [-0.1, -0.05) is 11.3 Å². The van der Waals surface area contributed by atoms with Crippen molar-refractivity contribution in [2.75, 3.05) is 6.54 Å². The summed E-state index contributed by atoms with van der Waals surface area (Å²) in [6.07, 6.45) is 0.905. The minimum atomic E-state index is -3.80. The summed E-state index contributed by atoms with van der Waals surface area (Å²) < 4.78 is 26.2. The number of nitrogens with zero attached hydrogens (tertiary/aromatic N) is 2. The van der Waals surface area contributed by atoms with Crippen LogP contribution in [0.15, 0.2) is 8.13 Å². The highest BCUT2D eigenvalue weighted by Gasteiger charge is 2.41. The fourth-order valence-electron chi connectivity index (χ4n) is 1.84. The normalized spacial score (nSPS) is 21.3. The van der Waals surface area contributed by atoms with Crippen LogP contribution in [0.3, 0.4) is 0 Å². The summed E-state index contributed by atoms with van der Waals surface area (Å²) in [7, 11) is -3.80. The van der Waals surface area contributed by atoms with Crippen LogP contribution in [0.1, 0.15) is 18.5 Å². The fourth-order valence-corrected chi connectivity index (χ4v) is 5.55. The summed E-state index contributed by atoms with van der Waals surface area (Å²) in [5, 5.41) is 9.02. The van der Waals surface area contributed by atoms with Gasteiger partial charge in [-0.2, -0.15) is 4.31 Å². The number of carboxylic acids is 1. The van der Waals surface area contributed by atoms with Gasteiger partial charge in [-0.05, 0) is 35.7 Å². The van der Waals surface area contributed by atoms with Crippen LogP contribution in [0.2, 0.25) is 0 Å². The molecule has 1 aliphatic rings. The zero-order valence-corrected chi connectivity index (χ0v) is 12.7. The monoisotopic (exact) mass is 354 g/mol. The van der Waals surface area contributed by atoms with Crippen LogP contribution in [-0.2, 0) is 14.8 Å². The number of rotatable bonds is 3. The van der Waals surface area contributed by atoms with Gasteiger partial charge in [0.1, 0.15) is 6.04 Å². The molecule has 1 aromatic rings. The number of carboxylic acid groups (broad SMARTS) is 1. The first-order valence-corrected chi connectivity index (χ1v) is 8.26. The van der Waals surface area contributed by atoms with Crippen LogP contribution in [0.4, 0.5) is 0 Å². The first kappa shape index (κ1) is 13.9. The number of hydrogen-bond acceptors (Lipinski definition) is 5. The van der Waals surface area contributed by atoms with Gasteiger partial charge in [0.15, 0.2) is 0 Å². The molecule has 2 rings (SSSR count). The van der Waals surface area contributed by atoms with Gasteiger partial charge in [0, 0.05) is 6.54 Å². The Morgan fingerprint density at radius 1 is 1.61 bits per heavy atom. The molecular weight excluding hydrogens is 344 g/mol. The van der Waals surface area contributed by atoms with Gasteiger partial charge in [-0.15, -0.1) is 0 Å². The van der Waals surface area contributed by atoms with Crippen molar-refractivity contribution >= 4 is 43.3 Å². The summed E-state index contributed by atoms with van der Waals surface area (Å²) in [5.74, 6) is -1.11. The summed E-state index contributed by atoms with van der Waals surface area (Å²) in [6, 6.07) is -0.974. The largest absolute Gasteiger partial charge is 0.480 e. The third-order valence-electron chi connectivity index (χ3n) is 2.74. The molecule has 9 heteroatoms. The maximum Gasteiger partial charge on any atom is 0.322 e. The zero-order chi connectivity index (χ0) is 13.5. The maximum atomic E-state index is 12.3. The van der Waals surface area contributed by atoms with E-state index in [1.54, 1.807) is 6.92 Å². The highest BCUT2D eigenvalue weighted by molar-refractivity contribution is 9.11. The number of thiazole rings is 1. The van der Waals surface area contributed by atoms with Gasteiger partial charge in [0.05, 0.1) is 9.48 Å². The molecule has 0 saturated carbocycles. The van der Waals surface area contributed by atoms with Crippen LogP contribution < -0.4 is 0 Å². The zero-order valence-electron chi connectivity index (χ0n) is 9.46. The van der Waals surface area contributed by atoms with E-state index in [2.05, 4.69) is 20.9 Å². The topological polar surface area (TPSA) is 87.6 Å². The number of aliphatic carboxylic acids is 1. The smallest absolute Gasteiger partial charge is 0.322 e. The molecule has 1 saturated heterocycles. The molecule has 1 aliphatic heterocycles. The van der Waals surface area contributed by atoms with Crippen molar-refractivity contribution in [3.63, 3.8) is 0 Å². The van der Waals surface area contributed by atoms with E-state index < -0.39 is 22.0 Å². The number of halogens is 1. The molecule has 2 heterocycles. The lowest BCUT2D eigenvalue weighted by atomic mass is 10.2. The van der Waals surface area contributed by atoms with Gasteiger partial charge in [0.25, 0.3) is 10.0 Å². The van der Waals surface area contributed by atoms with Crippen LogP contribution in [0, 0.1) is 6.92 Å². The number of aromatic nitrogens is 1. The van der Waals surface area contributed by atoms with E-state index in [9.17, 15) is 13.2 Å². The van der Waals surface area contributed by atoms with E-state index in [1.807, 2.05) is 0 Å². The van der Waals surface area contributed by atoms with Crippen LogP contribution in [0.5, 0.6) is 0 Å².